The molecule has 0 aliphatic rings. The van der Waals surface area contributed by atoms with Crippen molar-refractivity contribution in [3.05, 3.63) is 66.9 Å². The molecule has 1 aromatic carbocycles. The lowest BCUT2D eigenvalue weighted by Gasteiger charge is -2.09. The number of aromatic nitrogens is 2. The summed E-state index contributed by atoms with van der Waals surface area (Å²) in [5.74, 6) is 0.968. The molecule has 0 spiro atoms. The van der Waals surface area contributed by atoms with E-state index >= 15 is 0 Å². The molecule has 0 N–H and O–H groups in total. The van der Waals surface area contributed by atoms with E-state index in [0.29, 0.717) is 18.1 Å². The predicted octanol–water partition coefficient (Wildman–Crippen LogP) is 3.66. The quantitative estimate of drug-likeness (QED) is 0.670. The van der Waals surface area contributed by atoms with E-state index in [9.17, 15) is 4.79 Å². The number of hydrogen-bond acceptors (Lipinski definition) is 3. The van der Waals surface area contributed by atoms with Crippen LogP contribution in [-0.4, -0.2) is 15.3 Å². The van der Waals surface area contributed by atoms with Crippen molar-refractivity contribution >= 4 is 5.78 Å². The molecule has 0 fully saturated rings. The minimum atomic E-state index is -0.158. The van der Waals surface area contributed by atoms with Crippen molar-refractivity contribution in [3.63, 3.8) is 0 Å². The highest BCUT2D eigenvalue weighted by Crippen LogP contribution is 2.23. The fraction of sp³-hybridized carbons (Fsp3) is 0.176. The average Bonchev–Trinajstić information content (AvgIpc) is 3.18. The Balaban J connectivity index is 1.75. The molecule has 0 aliphatic carbocycles. The van der Waals surface area contributed by atoms with Gasteiger partial charge >= 0.3 is 0 Å². The zero-order valence-electron chi connectivity index (χ0n) is 11.8. The molecule has 1 atom stereocenters. The van der Waals surface area contributed by atoms with Gasteiger partial charge in [-0.2, -0.15) is 0 Å². The second-order valence-electron chi connectivity index (χ2n) is 5.05. The van der Waals surface area contributed by atoms with Gasteiger partial charge in [-0.25, -0.2) is 4.98 Å². The van der Waals surface area contributed by atoms with Crippen molar-refractivity contribution in [2.24, 2.45) is 5.92 Å². The Hall–Kier alpha value is -2.62. The number of rotatable bonds is 5. The lowest BCUT2D eigenvalue weighted by Crippen LogP contribution is -2.16. The molecule has 4 nitrogen and oxygen atoms in total. The second kappa shape index (κ2) is 5.79. The molecular formula is C17H16N2O2. The summed E-state index contributed by atoms with van der Waals surface area (Å²) in [5.41, 5.74) is 0.971. The van der Waals surface area contributed by atoms with Crippen molar-refractivity contribution in [2.45, 2.75) is 13.5 Å². The lowest BCUT2D eigenvalue weighted by molar-refractivity contribution is 0.0891. The molecule has 0 radical (unpaired) electrons. The number of hydrogen-bond donors (Lipinski definition) is 0. The Kier molecular flexibility index (Phi) is 3.69. The summed E-state index contributed by atoms with van der Waals surface area (Å²) in [7, 11) is 0. The average molecular weight is 280 g/mol. The Morgan fingerprint density at radius 2 is 2.05 bits per heavy atom. The van der Waals surface area contributed by atoms with E-state index in [1.54, 1.807) is 18.6 Å². The summed E-state index contributed by atoms with van der Waals surface area (Å²) in [6.07, 6.45) is 5.26. The number of Topliss-reactive ketones (excluding diaryl/α,β-unsaturated/α-hetero) is 1. The summed E-state index contributed by atoms with van der Waals surface area (Å²) in [5, 5.41) is 0. The molecule has 2 heterocycles. The lowest BCUT2D eigenvalue weighted by atomic mass is 10.0. The largest absolute Gasteiger partial charge is 0.453 e. The maximum atomic E-state index is 12.4. The number of imidazole rings is 1. The third-order valence-electron chi connectivity index (χ3n) is 3.40. The third kappa shape index (κ3) is 2.94. The molecule has 0 saturated carbocycles. The number of carbonyl (C=O) groups is 1. The van der Waals surface area contributed by atoms with Gasteiger partial charge in [-0.05, 0) is 12.1 Å². The van der Waals surface area contributed by atoms with Crippen LogP contribution in [0.1, 0.15) is 17.5 Å². The SMILES string of the molecule is CC(Cn1ccnc1)C(=O)c1ccc(-c2ccccc2)o1. The van der Waals surface area contributed by atoms with Gasteiger partial charge in [0.2, 0.25) is 5.78 Å². The van der Waals surface area contributed by atoms with Gasteiger partial charge in [0.25, 0.3) is 0 Å². The number of benzene rings is 1. The summed E-state index contributed by atoms with van der Waals surface area (Å²) in [6, 6.07) is 13.3. The fourth-order valence-corrected chi connectivity index (χ4v) is 2.26. The smallest absolute Gasteiger partial charge is 0.202 e. The highest BCUT2D eigenvalue weighted by molar-refractivity contribution is 5.95. The first-order valence-electron chi connectivity index (χ1n) is 6.89. The van der Waals surface area contributed by atoms with E-state index < -0.39 is 0 Å². The molecule has 0 amide bonds. The molecule has 3 rings (SSSR count). The maximum Gasteiger partial charge on any atom is 0.202 e. The molecule has 106 valence electrons. The summed E-state index contributed by atoms with van der Waals surface area (Å²) in [4.78, 5) is 16.4. The molecule has 4 heteroatoms. The van der Waals surface area contributed by atoms with Crippen LogP contribution < -0.4 is 0 Å². The summed E-state index contributed by atoms with van der Waals surface area (Å²) < 4.78 is 7.59. The van der Waals surface area contributed by atoms with Crippen LogP contribution in [0.2, 0.25) is 0 Å². The van der Waals surface area contributed by atoms with Gasteiger partial charge in [0.15, 0.2) is 5.76 Å². The molecule has 1 unspecified atom stereocenters. The van der Waals surface area contributed by atoms with Crippen molar-refractivity contribution in [2.75, 3.05) is 0 Å². The van der Waals surface area contributed by atoms with Gasteiger partial charge in [0.05, 0.1) is 6.33 Å². The fourth-order valence-electron chi connectivity index (χ4n) is 2.26. The highest BCUT2D eigenvalue weighted by Gasteiger charge is 2.19. The van der Waals surface area contributed by atoms with Gasteiger partial charge in [-0.1, -0.05) is 37.3 Å². The van der Waals surface area contributed by atoms with E-state index in [0.717, 1.165) is 5.56 Å². The molecular weight excluding hydrogens is 264 g/mol. The normalized spacial score (nSPS) is 12.2. The summed E-state index contributed by atoms with van der Waals surface area (Å²) in [6.45, 7) is 2.49. The Morgan fingerprint density at radius 1 is 1.24 bits per heavy atom. The van der Waals surface area contributed by atoms with Gasteiger partial charge in [0, 0.05) is 30.4 Å². The monoisotopic (exact) mass is 280 g/mol. The van der Waals surface area contributed by atoms with Crippen LogP contribution in [0.15, 0.2) is 65.6 Å². The number of carbonyl (C=O) groups excluding carboxylic acids is 1. The Morgan fingerprint density at radius 3 is 2.76 bits per heavy atom. The van der Waals surface area contributed by atoms with Crippen molar-refractivity contribution < 1.29 is 9.21 Å². The van der Waals surface area contributed by atoms with Crippen LogP contribution in [0.4, 0.5) is 0 Å². The van der Waals surface area contributed by atoms with Crippen LogP contribution in [0.3, 0.4) is 0 Å². The number of ketones is 1. The van der Waals surface area contributed by atoms with Crippen molar-refractivity contribution in [1.29, 1.82) is 0 Å². The minimum Gasteiger partial charge on any atom is -0.453 e. The van der Waals surface area contributed by atoms with Gasteiger partial charge in [0.1, 0.15) is 5.76 Å². The first-order chi connectivity index (χ1) is 10.2. The van der Waals surface area contributed by atoms with Crippen molar-refractivity contribution in [3.8, 4) is 11.3 Å². The topological polar surface area (TPSA) is 48.0 Å². The van der Waals surface area contributed by atoms with Crippen LogP contribution in [0.25, 0.3) is 11.3 Å². The van der Waals surface area contributed by atoms with Gasteiger partial charge in [-0.3, -0.25) is 4.79 Å². The minimum absolute atomic E-state index is 0.00545. The Labute approximate surface area is 123 Å². The molecule has 21 heavy (non-hydrogen) atoms. The van der Waals surface area contributed by atoms with E-state index in [1.807, 2.05) is 54.1 Å². The number of nitrogens with zero attached hydrogens (tertiary/aromatic N) is 2. The molecule has 0 bridgehead atoms. The third-order valence-corrected chi connectivity index (χ3v) is 3.40. The predicted molar refractivity (Wildman–Crippen MR) is 79.9 cm³/mol. The zero-order valence-corrected chi connectivity index (χ0v) is 11.8. The maximum absolute atomic E-state index is 12.4. The van der Waals surface area contributed by atoms with E-state index in [-0.39, 0.29) is 11.7 Å². The Bertz CT molecular complexity index is 714. The highest BCUT2D eigenvalue weighted by atomic mass is 16.3. The van der Waals surface area contributed by atoms with Gasteiger partial charge in [-0.15, -0.1) is 0 Å². The van der Waals surface area contributed by atoms with E-state index in [4.69, 9.17) is 4.42 Å². The first kappa shape index (κ1) is 13.4. The van der Waals surface area contributed by atoms with Crippen LogP contribution in [-0.2, 0) is 6.54 Å². The second-order valence-corrected chi connectivity index (χ2v) is 5.05. The molecule has 3 aromatic rings. The van der Waals surface area contributed by atoms with E-state index in [1.165, 1.54) is 0 Å². The zero-order chi connectivity index (χ0) is 14.7. The summed E-state index contributed by atoms with van der Waals surface area (Å²) >= 11 is 0. The standard InChI is InChI=1S/C17H16N2O2/c1-13(11-19-10-9-18-12-19)17(20)16-8-7-15(21-16)14-5-3-2-4-6-14/h2-10,12-13H,11H2,1H3. The first-order valence-corrected chi connectivity index (χ1v) is 6.89. The number of furan rings is 1. The molecule has 0 saturated heterocycles. The van der Waals surface area contributed by atoms with Crippen LogP contribution in [0, 0.1) is 5.92 Å². The molecule has 2 aromatic heterocycles. The van der Waals surface area contributed by atoms with E-state index in [2.05, 4.69) is 4.98 Å². The molecule has 0 aliphatic heterocycles. The van der Waals surface area contributed by atoms with Gasteiger partial charge < -0.3 is 8.98 Å². The van der Waals surface area contributed by atoms with Crippen molar-refractivity contribution in [1.82, 2.24) is 9.55 Å². The van der Waals surface area contributed by atoms with Crippen LogP contribution in [0.5, 0.6) is 0 Å². The van der Waals surface area contributed by atoms with Crippen LogP contribution >= 0.6 is 0 Å².